The summed E-state index contributed by atoms with van der Waals surface area (Å²) >= 11 is 2.11. The Labute approximate surface area is 79.5 Å². The second kappa shape index (κ2) is 3.59. The molecule has 1 saturated carbocycles. The van der Waals surface area contributed by atoms with Gasteiger partial charge in [-0.25, -0.2) is 0 Å². The Kier molecular flexibility index (Phi) is 2.66. The summed E-state index contributed by atoms with van der Waals surface area (Å²) in [6.45, 7) is 0.943. The van der Waals surface area contributed by atoms with Crippen molar-refractivity contribution < 1.29 is 0 Å². The fourth-order valence-corrected chi connectivity index (χ4v) is 3.88. The van der Waals surface area contributed by atoms with Gasteiger partial charge in [-0.05, 0) is 55.1 Å². The van der Waals surface area contributed by atoms with Gasteiger partial charge in [-0.1, -0.05) is 6.42 Å². The molecule has 2 fully saturated rings. The van der Waals surface area contributed by atoms with Crippen LogP contribution in [0, 0.1) is 11.3 Å². The van der Waals surface area contributed by atoms with Crippen LogP contribution in [-0.4, -0.2) is 18.1 Å². The Bertz CT molecular complexity index is 148. The van der Waals surface area contributed by atoms with E-state index in [-0.39, 0.29) is 0 Å². The van der Waals surface area contributed by atoms with Gasteiger partial charge in [-0.3, -0.25) is 0 Å². The van der Waals surface area contributed by atoms with Gasteiger partial charge in [0.05, 0.1) is 0 Å². The molecule has 2 heteroatoms. The molecule has 0 spiro atoms. The molecule has 0 radical (unpaired) electrons. The molecule has 2 rings (SSSR count). The van der Waals surface area contributed by atoms with E-state index in [4.69, 9.17) is 5.73 Å². The first-order valence-electron chi connectivity index (χ1n) is 5.15. The lowest BCUT2D eigenvalue weighted by Gasteiger charge is -2.47. The van der Waals surface area contributed by atoms with E-state index in [9.17, 15) is 0 Å². The normalized spacial score (nSPS) is 29.8. The van der Waals surface area contributed by atoms with Crippen LogP contribution < -0.4 is 5.73 Å². The first-order chi connectivity index (χ1) is 5.87. The van der Waals surface area contributed by atoms with Gasteiger partial charge in [0.15, 0.2) is 0 Å². The van der Waals surface area contributed by atoms with Gasteiger partial charge in [0.25, 0.3) is 0 Å². The molecule has 0 aromatic carbocycles. The molecule has 1 heterocycles. The molecule has 0 atom stereocenters. The van der Waals surface area contributed by atoms with Gasteiger partial charge >= 0.3 is 0 Å². The topological polar surface area (TPSA) is 26.0 Å². The van der Waals surface area contributed by atoms with Crippen LogP contribution in [0.4, 0.5) is 0 Å². The third-order valence-electron chi connectivity index (χ3n) is 3.87. The summed E-state index contributed by atoms with van der Waals surface area (Å²) in [5.41, 5.74) is 6.51. The molecular weight excluding hydrogens is 166 g/mol. The molecule has 1 aliphatic carbocycles. The Morgan fingerprint density at radius 2 is 1.92 bits per heavy atom. The summed E-state index contributed by atoms with van der Waals surface area (Å²) < 4.78 is 0. The average molecular weight is 185 g/mol. The lowest BCUT2D eigenvalue weighted by molar-refractivity contribution is 0.0806. The number of thioether (sulfide) groups is 1. The second-order valence-electron chi connectivity index (χ2n) is 4.31. The third-order valence-corrected chi connectivity index (χ3v) is 4.85. The van der Waals surface area contributed by atoms with Gasteiger partial charge in [0.1, 0.15) is 0 Å². The first-order valence-corrected chi connectivity index (χ1v) is 6.31. The Morgan fingerprint density at radius 3 is 2.33 bits per heavy atom. The minimum absolute atomic E-state index is 0.573. The van der Waals surface area contributed by atoms with Crippen molar-refractivity contribution >= 4 is 11.8 Å². The van der Waals surface area contributed by atoms with E-state index in [1.165, 1.54) is 43.6 Å². The highest BCUT2D eigenvalue weighted by molar-refractivity contribution is 7.99. The monoisotopic (exact) mass is 185 g/mol. The van der Waals surface area contributed by atoms with Crippen LogP contribution in [0.3, 0.4) is 0 Å². The fraction of sp³-hybridized carbons (Fsp3) is 1.00. The standard InChI is InChI=1S/C10H19NS/c11-8-10(9-2-1-3-9)4-6-12-7-5-10/h9H,1-8,11H2. The zero-order valence-corrected chi connectivity index (χ0v) is 8.54. The quantitative estimate of drug-likeness (QED) is 0.714. The average Bonchev–Trinajstić information content (AvgIpc) is 2.03. The highest BCUT2D eigenvalue weighted by Gasteiger charge is 2.41. The van der Waals surface area contributed by atoms with Gasteiger partial charge in [0, 0.05) is 0 Å². The molecular formula is C10H19NS. The van der Waals surface area contributed by atoms with Crippen molar-refractivity contribution in [2.24, 2.45) is 17.1 Å². The highest BCUT2D eigenvalue weighted by Crippen LogP contribution is 2.49. The van der Waals surface area contributed by atoms with Crippen molar-refractivity contribution in [2.75, 3.05) is 18.1 Å². The molecule has 0 amide bonds. The van der Waals surface area contributed by atoms with E-state index < -0.39 is 0 Å². The van der Waals surface area contributed by atoms with Crippen LogP contribution in [0.15, 0.2) is 0 Å². The lowest BCUT2D eigenvalue weighted by atomic mass is 9.62. The first kappa shape index (κ1) is 8.89. The van der Waals surface area contributed by atoms with Crippen LogP contribution in [0.2, 0.25) is 0 Å². The van der Waals surface area contributed by atoms with Crippen molar-refractivity contribution in [3.05, 3.63) is 0 Å². The Balaban J connectivity index is 2.00. The molecule has 2 aliphatic rings. The molecule has 12 heavy (non-hydrogen) atoms. The van der Waals surface area contributed by atoms with E-state index >= 15 is 0 Å². The number of hydrogen-bond donors (Lipinski definition) is 1. The van der Waals surface area contributed by atoms with E-state index in [0.717, 1.165) is 12.5 Å². The molecule has 70 valence electrons. The number of rotatable bonds is 2. The summed E-state index contributed by atoms with van der Waals surface area (Å²) in [6.07, 6.45) is 7.15. The van der Waals surface area contributed by atoms with Crippen molar-refractivity contribution in [1.29, 1.82) is 0 Å². The molecule has 2 N–H and O–H groups in total. The molecule has 0 unspecified atom stereocenters. The van der Waals surface area contributed by atoms with Crippen LogP contribution >= 0.6 is 11.8 Å². The van der Waals surface area contributed by atoms with Gasteiger partial charge < -0.3 is 5.73 Å². The van der Waals surface area contributed by atoms with E-state index in [1.54, 1.807) is 0 Å². The zero-order chi connectivity index (χ0) is 8.44. The highest BCUT2D eigenvalue weighted by atomic mass is 32.2. The molecule has 1 aliphatic heterocycles. The molecule has 1 nitrogen and oxygen atoms in total. The van der Waals surface area contributed by atoms with Gasteiger partial charge in [-0.15, -0.1) is 0 Å². The lowest BCUT2D eigenvalue weighted by Crippen LogP contribution is -2.43. The van der Waals surface area contributed by atoms with E-state index in [1.807, 2.05) is 0 Å². The molecule has 1 saturated heterocycles. The van der Waals surface area contributed by atoms with Crippen molar-refractivity contribution in [3.8, 4) is 0 Å². The van der Waals surface area contributed by atoms with E-state index in [0.29, 0.717) is 5.41 Å². The number of nitrogens with two attached hydrogens (primary N) is 1. The van der Waals surface area contributed by atoms with Crippen LogP contribution in [-0.2, 0) is 0 Å². The van der Waals surface area contributed by atoms with Gasteiger partial charge in [-0.2, -0.15) is 11.8 Å². The number of hydrogen-bond acceptors (Lipinski definition) is 2. The van der Waals surface area contributed by atoms with Crippen LogP contribution in [0.25, 0.3) is 0 Å². The predicted molar refractivity (Wildman–Crippen MR) is 55.4 cm³/mol. The maximum absolute atomic E-state index is 5.94. The summed E-state index contributed by atoms with van der Waals surface area (Å²) in [5, 5.41) is 0. The summed E-state index contributed by atoms with van der Waals surface area (Å²) in [4.78, 5) is 0. The zero-order valence-electron chi connectivity index (χ0n) is 7.72. The van der Waals surface area contributed by atoms with Crippen LogP contribution in [0.5, 0.6) is 0 Å². The molecule has 0 aromatic rings. The largest absolute Gasteiger partial charge is 0.330 e. The minimum Gasteiger partial charge on any atom is -0.330 e. The van der Waals surface area contributed by atoms with Crippen LogP contribution in [0.1, 0.15) is 32.1 Å². The Morgan fingerprint density at radius 1 is 1.25 bits per heavy atom. The van der Waals surface area contributed by atoms with E-state index in [2.05, 4.69) is 11.8 Å². The summed E-state index contributed by atoms with van der Waals surface area (Å²) in [7, 11) is 0. The second-order valence-corrected chi connectivity index (χ2v) is 5.53. The van der Waals surface area contributed by atoms with Crippen molar-refractivity contribution in [1.82, 2.24) is 0 Å². The van der Waals surface area contributed by atoms with Crippen molar-refractivity contribution in [2.45, 2.75) is 32.1 Å². The summed E-state index contributed by atoms with van der Waals surface area (Å²) in [5.74, 6) is 3.70. The SMILES string of the molecule is NCC1(C2CCC2)CCSCC1. The smallest absolute Gasteiger partial charge is 0.00173 e. The Hall–Kier alpha value is 0.310. The predicted octanol–water partition coefficient (Wildman–Crippen LogP) is 2.26. The minimum atomic E-state index is 0.573. The maximum Gasteiger partial charge on any atom is -0.00173 e. The van der Waals surface area contributed by atoms with Crippen molar-refractivity contribution in [3.63, 3.8) is 0 Å². The third kappa shape index (κ3) is 1.39. The van der Waals surface area contributed by atoms with Gasteiger partial charge in [0.2, 0.25) is 0 Å². The fourth-order valence-electron chi connectivity index (χ4n) is 2.58. The molecule has 0 aromatic heterocycles. The maximum atomic E-state index is 5.94. The summed E-state index contributed by atoms with van der Waals surface area (Å²) in [6, 6.07) is 0. The molecule has 0 bridgehead atoms.